The number of aliphatic hydroxyl groups is 7. The van der Waals surface area contributed by atoms with Crippen LogP contribution in [0, 0.1) is 46.3 Å². The first-order valence-electron chi connectivity index (χ1n) is 18.0. The number of carbonyl (C=O) groups is 1. The van der Waals surface area contributed by atoms with E-state index in [1.54, 1.807) is 0 Å². The minimum absolute atomic E-state index is 0.0140. The Balaban J connectivity index is 1.16. The van der Waals surface area contributed by atoms with E-state index in [9.17, 15) is 40.5 Å². The SMILES string of the molecule is CC(=O)OC1CC2(O)C(O)CC3C4CC5OC6(CC(O)C(C)CO6)C(C)C5C4(C)CCC3C2(C)CC1OC1OC(CO)C(O)C(O)C1O. The molecule has 7 aliphatic rings. The number of ether oxygens (including phenoxy) is 5. The van der Waals surface area contributed by atoms with Crippen LogP contribution in [0.15, 0.2) is 0 Å². The average Bonchev–Trinajstić information content (AvgIpc) is 3.46. The van der Waals surface area contributed by atoms with Crippen molar-refractivity contribution in [2.75, 3.05) is 13.2 Å². The molecule has 0 bridgehead atoms. The Kier molecular flexibility index (Phi) is 8.89. The van der Waals surface area contributed by atoms with Gasteiger partial charge in [0, 0.05) is 37.0 Å². The molecule has 3 aliphatic heterocycles. The quantitative estimate of drug-likeness (QED) is 0.157. The van der Waals surface area contributed by atoms with Crippen molar-refractivity contribution in [1.29, 1.82) is 0 Å². The molecule has 1 spiro atoms. The molecular weight excluding hydrogens is 628 g/mol. The molecule has 0 aromatic rings. The summed E-state index contributed by atoms with van der Waals surface area (Å²) in [4.78, 5) is 12.2. The molecule has 7 N–H and O–H groups in total. The largest absolute Gasteiger partial charge is 0.460 e. The lowest BCUT2D eigenvalue weighted by molar-refractivity contribution is -0.340. The number of hydrogen-bond donors (Lipinski definition) is 7. The van der Waals surface area contributed by atoms with Gasteiger partial charge in [-0.3, -0.25) is 4.79 Å². The van der Waals surface area contributed by atoms with Gasteiger partial charge in [0.1, 0.15) is 30.5 Å². The van der Waals surface area contributed by atoms with Gasteiger partial charge in [-0.2, -0.15) is 0 Å². The van der Waals surface area contributed by atoms with E-state index in [4.69, 9.17) is 23.7 Å². The molecule has 274 valence electrons. The van der Waals surface area contributed by atoms with E-state index in [1.165, 1.54) is 6.92 Å². The fraction of sp³-hybridized carbons (Fsp3) is 0.971. The summed E-state index contributed by atoms with van der Waals surface area (Å²) in [6.45, 7) is 9.60. The maximum atomic E-state index is 12.4. The number of hydrogen-bond acceptors (Lipinski definition) is 13. The van der Waals surface area contributed by atoms with Crippen molar-refractivity contribution in [2.45, 2.75) is 152 Å². The van der Waals surface area contributed by atoms with Crippen LogP contribution in [0.4, 0.5) is 0 Å². The zero-order chi connectivity index (χ0) is 34.7. The van der Waals surface area contributed by atoms with Gasteiger partial charge in [0.25, 0.3) is 0 Å². The molecule has 13 heteroatoms. The second-order valence-corrected chi connectivity index (χ2v) is 17.0. The number of fused-ring (bicyclic) bond motifs is 7. The Morgan fingerprint density at radius 1 is 0.938 bits per heavy atom. The summed E-state index contributed by atoms with van der Waals surface area (Å²) in [6.07, 6.45) is -7.55. The van der Waals surface area contributed by atoms with Crippen LogP contribution in [0.1, 0.15) is 79.6 Å². The molecule has 0 amide bonds. The van der Waals surface area contributed by atoms with Gasteiger partial charge in [0.05, 0.1) is 43.2 Å². The van der Waals surface area contributed by atoms with Gasteiger partial charge >= 0.3 is 5.97 Å². The molecule has 20 unspecified atom stereocenters. The summed E-state index contributed by atoms with van der Waals surface area (Å²) in [5, 5.41) is 76.3. The normalized spacial score (nSPS) is 59.3. The molecule has 4 saturated carbocycles. The van der Waals surface area contributed by atoms with E-state index in [0.29, 0.717) is 19.4 Å². The number of carbonyl (C=O) groups excluding carboxylic acids is 1. The van der Waals surface area contributed by atoms with Crippen LogP contribution in [0.2, 0.25) is 0 Å². The smallest absolute Gasteiger partial charge is 0.302 e. The molecule has 7 fully saturated rings. The predicted octanol–water partition coefficient (Wildman–Crippen LogP) is 0.216. The van der Waals surface area contributed by atoms with Crippen LogP contribution in [0.5, 0.6) is 0 Å². The molecule has 0 radical (unpaired) electrons. The Labute approximate surface area is 281 Å². The monoisotopic (exact) mass is 684 g/mol. The van der Waals surface area contributed by atoms with Crippen molar-refractivity contribution in [3.63, 3.8) is 0 Å². The summed E-state index contributed by atoms with van der Waals surface area (Å²) in [6, 6.07) is 0. The van der Waals surface area contributed by atoms with Crippen molar-refractivity contribution >= 4 is 5.97 Å². The van der Waals surface area contributed by atoms with Gasteiger partial charge in [-0.1, -0.05) is 27.7 Å². The van der Waals surface area contributed by atoms with Crippen LogP contribution in [0.25, 0.3) is 0 Å². The Hall–Kier alpha value is -0.970. The minimum atomic E-state index is -1.64. The molecule has 0 aromatic carbocycles. The average molecular weight is 685 g/mol. The molecule has 0 aromatic heterocycles. The van der Waals surface area contributed by atoms with Crippen LogP contribution >= 0.6 is 0 Å². The number of esters is 1. The first kappa shape index (κ1) is 35.4. The Morgan fingerprint density at radius 3 is 2.33 bits per heavy atom. The highest BCUT2D eigenvalue weighted by atomic mass is 16.7. The molecule has 4 aliphatic carbocycles. The van der Waals surface area contributed by atoms with Gasteiger partial charge in [-0.05, 0) is 61.2 Å². The topological polar surface area (TPSA) is 205 Å². The van der Waals surface area contributed by atoms with Gasteiger partial charge in [-0.25, -0.2) is 0 Å². The van der Waals surface area contributed by atoms with Crippen molar-refractivity contribution in [1.82, 2.24) is 0 Å². The lowest BCUT2D eigenvalue weighted by atomic mass is 9.42. The summed E-state index contributed by atoms with van der Waals surface area (Å²) in [7, 11) is 0. The highest BCUT2D eigenvalue weighted by molar-refractivity contribution is 5.66. The van der Waals surface area contributed by atoms with E-state index in [0.717, 1.165) is 19.3 Å². The third-order valence-electron chi connectivity index (χ3n) is 14.7. The van der Waals surface area contributed by atoms with Crippen molar-refractivity contribution < 1.29 is 64.2 Å². The molecule has 20 atom stereocenters. The lowest BCUT2D eigenvalue weighted by Gasteiger charge is -2.66. The summed E-state index contributed by atoms with van der Waals surface area (Å²) in [5.74, 6) is -0.778. The van der Waals surface area contributed by atoms with E-state index >= 15 is 0 Å². The Bertz CT molecular complexity index is 1230. The molecule has 48 heavy (non-hydrogen) atoms. The molecule has 13 nitrogen and oxygen atoms in total. The number of rotatable bonds is 4. The fourth-order valence-electron chi connectivity index (χ4n) is 12.1. The van der Waals surface area contributed by atoms with Crippen molar-refractivity contribution in [3.05, 3.63) is 0 Å². The highest BCUT2D eigenvalue weighted by Gasteiger charge is 2.73. The van der Waals surface area contributed by atoms with E-state index in [1.807, 2.05) is 13.8 Å². The Morgan fingerprint density at radius 2 is 1.67 bits per heavy atom. The third kappa shape index (κ3) is 5.01. The van der Waals surface area contributed by atoms with Gasteiger partial charge < -0.3 is 59.4 Å². The first-order valence-corrected chi connectivity index (χ1v) is 18.0. The standard InChI is InChI=1S/C35H56O13/c1-15-14-44-35(10-21(15)38)16(2)27-22(48-35)9-20-18-8-26(39)34(43)12-24(45-17(3)37)23(11-33(34,5)19(18)6-7-32(20,27)4)46-31-30(42)29(41)28(40)25(13-36)47-31/h15-16,18-31,36,38-43H,6-14H2,1-5H3. The van der Waals surface area contributed by atoms with Crippen LogP contribution < -0.4 is 0 Å². The molecular formula is C35H56O13. The van der Waals surface area contributed by atoms with E-state index in [-0.39, 0.29) is 59.9 Å². The summed E-state index contributed by atoms with van der Waals surface area (Å²) >= 11 is 0. The highest BCUT2D eigenvalue weighted by Crippen LogP contribution is 2.72. The first-order chi connectivity index (χ1) is 22.5. The van der Waals surface area contributed by atoms with E-state index < -0.39 is 84.5 Å². The van der Waals surface area contributed by atoms with Gasteiger partial charge in [0.2, 0.25) is 0 Å². The maximum absolute atomic E-state index is 12.4. The predicted molar refractivity (Wildman–Crippen MR) is 166 cm³/mol. The van der Waals surface area contributed by atoms with Crippen LogP contribution in [-0.4, -0.2) is 128 Å². The minimum Gasteiger partial charge on any atom is -0.460 e. The zero-order valence-corrected chi connectivity index (χ0v) is 28.7. The maximum Gasteiger partial charge on any atom is 0.302 e. The van der Waals surface area contributed by atoms with E-state index in [2.05, 4.69) is 13.8 Å². The van der Waals surface area contributed by atoms with Crippen LogP contribution in [-0.2, 0) is 28.5 Å². The molecule has 7 rings (SSSR count). The third-order valence-corrected chi connectivity index (χ3v) is 14.7. The van der Waals surface area contributed by atoms with Gasteiger partial charge in [-0.15, -0.1) is 0 Å². The summed E-state index contributed by atoms with van der Waals surface area (Å²) < 4.78 is 30.8. The molecule has 3 saturated heterocycles. The second-order valence-electron chi connectivity index (χ2n) is 17.0. The van der Waals surface area contributed by atoms with Gasteiger partial charge in [0.15, 0.2) is 12.1 Å². The van der Waals surface area contributed by atoms with Crippen molar-refractivity contribution in [3.8, 4) is 0 Å². The lowest BCUT2D eigenvalue weighted by Crippen LogP contribution is -2.71. The second kappa shape index (κ2) is 12.0. The summed E-state index contributed by atoms with van der Waals surface area (Å²) in [5.41, 5.74) is -2.58. The van der Waals surface area contributed by atoms with Crippen molar-refractivity contribution in [2.24, 2.45) is 46.3 Å². The fourth-order valence-corrected chi connectivity index (χ4v) is 12.1. The number of aliphatic hydroxyl groups excluding tert-OH is 6. The molecule has 3 heterocycles. The van der Waals surface area contributed by atoms with Crippen LogP contribution in [0.3, 0.4) is 0 Å². The zero-order valence-electron chi connectivity index (χ0n) is 28.7.